The number of benzene rings is 1. The number of nitrogens with zero attached hydrogens (tertiary/aromatic N) is 3. The molecule has 1 aromatic carbocycles. The monoisotopic (exact) mass is 259 g/mol. The second-order valence-electron chi connectivity index (χ2n) is 3.91. The van der Waals surface area contributed by atoms with Crippen LogP contribution in [0.3, 0.4) is 0 Å². The highest BCUT2D eigenvalue weighted by molar-refractivity contribution is 5.95. The normalized spacial score (nSPS) is 10.1. The van der Waals surface area contributed by atoms with Crippen molar-refractivity contribution in [1.82, 2.24) is 9.78 Å². The molecule has 0 aliphatic rings. The van der Waals surface area contributed by atoms with E-state index < -0.39 is 11.7 Å². The van der Waals surface area contributed by atoms with E-state index in [0.717, 1.165) is 6.07 Å². The Labute approximate surface area is 108 Å². The van der Waals surface area contributed by atoms with Gasteiger partial charge in [-0.3, -0.25) is 9.48 Å². The fraction of sp³-hybridized carbons (Fsp3) is 0.0833. The van der Waals surface area contributed by atoms with Crippen LogP contribution in [0.5, 0.6) is 0 Å². The first-order valence-electron chi connectivity index (χ1n) is 5.32. The van der Waals surface area contributed by atoms with E-state index in [1.807, 2.05) is 6.07 Å². The van der Waals surface area contributed by atoms with Crippen LogP contribution < -0.4 is 11.5 Å². The molecule has 7 heteroatoms. The first-order valence-corrected chi connectivity index (χ1v) is 5.32. The van der Waals surface area contributed by atoms with Crippen LogP contribution in [0.2, 0.25) is 0 Å². The summed E-state index contributed by atoms with van der Waals surface area (Å²) in [5, 5.41) is 12.5. The summed E-state index contributed by atoms with van der Waals surface area (Å²) in [6.07, 6.45) is 1.40. The average Bonchev–Trinajstić information content (AvgIpc) is 2.73. The molecule has 0 atom stereocenters. The van der Waals surface area contributed by atoms with Crippen LogP contribution in [-0.4, -0.2) is 15.7 Å². The second kappa shape index (κ2) is 4.78. The summed E-state index contributed by atoms with van der Waals surface area (Å²) in [6, 6.07) is 5.96. The molecule has 1 amide bonds. The third-order valence-corrected chi connectivity index (χ3v) is 2.54. The summed E-state index contributed by atoms with van der Waals surface area (Å²) >= 11 is 0. The predicted molar refractivity (Wildman–Crippen MR) is 65.4 cm³/mol. The summed E-state index contributed by atoms with van der Waals surface area (Å²) in [6.45, 7) is 0.0923. The lowest BCUT2D eigenvalue weighted by Gasteiger charge is -2.03. The summed E-state index contributed by atoms with van der Waals surface area (Å²) < 4.78 is 15.0. The summed E-state index contributed by atoms with van der Waals surface area (Å²) in [4.78, 5) is 11.0. The molecule has 0 saturated heterocycles. The van der Waals surface area contributed by atoms with Crippen LogP contribution in [0.4, 0.5) is 10.1 Å². The molecule has 4 N–H and O–H groups in total. The number of carbonyl (C=O) groups is 1. The average molecular weight is 259 g/mol. The predicted octanol–water partition coefficient (Wildman–Crippen LogP) is 0.623. The molecule has 0 radical (unpaired) electrons. The number of nitrogen functional groups attached to an aromatic ring is 1. The quantitative estimate of drug-likeness (QED) is 0.841. The summed E-state index contributed by atoms with van der Waals surface area (Å²) in [5.74, 6) is -1.26. The SMILES string of the molecule is N#Cc1ccc(Cn2cc(N)c(C(N)=O)n2)c(F)c1. The van der Waals surface area contributed by atoms with Gasteiger partial charge in [0.1, 0.15) is 5.82 Å². The van der Waals surface area contributed by atoms with Crippen molar-refractivity contribution in [3.05, 3.63) is 47.0 Å². The zero-order chi connectivity index (χ0) is 14.0. The zero-order valence-corrected chi connectivity index (χ0v) is 9.80. The number of anilines is 1. The second-order valence-corrected chi connectivity index (χ2v) is 3.91. The van der Waals surface area contributed by atoms with E-state index in [1.54, 1.807) is 0 Å². The molecule has 0 aliphatic carbocycles. The van der Waals surface area contributed by atoms with Gasteiger partial charge in [0.05, 0.1) is 23.9 Å². The molecule has 1 heterocycles. The Hall–Kier alpha value is -2.88. The largest absolute Gasteiger partial charge is 0.396 e. The highest BCUT2D eigenvalue weighted by Crippen LogP contribution is 2.14. The van der Waals surface area contributed by atoms with Gasteiger partial charge in [-0.05, 0) is 12.1 Å². The molecule has 2 rings (SSSR count). The smallest absolute Gasteiger partial charge is 0.271 e. The zero-order valence-electron chi connectivity index (χ0n) is 9.80. The fourth-order valence-electron chi connectivity index (χ4n) is 1.63. The van der Waals surface area contributed by atoms with Crippen LogP contribution >= 0.6 is 0 Å². The Kier molecular flexibility index (Phi) is 3.16. The maximum absolute atomic E-state index is 13.7. The van der Waals surface area contributed by atoms with E-state index in [-0.39, 0.29) is 23.5 Å². The first kappa shape index (κ1) is 12.6. The van der Waals surface area contributed by atoms with Crippen LogP contribution in [0.1, 0.15) is 21.6 Å². The third kappa shape index (κ3) is 2.52. The fourth-order valence-corrected chi connectivity index (χ4v) is 1.63. The van der Waals surface area contributed by atoms with Crippen molar-refractivity contribution in [2.45, 2.75) is 6.54 Å². The maximum Gasteiger partial charge on any atom is 0.271 e. The van der Waals surface area contributed by atoms with Crippen molar-refractivity contribution in [2.24, 2.45) is 5.73 Å². The van der Waals surface area contributed by atoms with Gasteiger partial charge in [-0.25, -0.2) is 4.39 Å². The van der Waals surface area contributed by atoms with Crippen molar-refractivity contribution in [1.29, 1.82) is 5.26 Å². The minimum Gasteiger partial charge on any atom is -0.396 e. The van der Waals surface area contributed by atoms with E-state index in [9.17, 15) is 9.18 Å². The van der Waals surface area contributed by atoms with Gasteiger partial charge in [-0.15, -0.1) is 0 Å². The van der Waals surface area contributed by atoms with Crippen molar-refractivity contribution < 1.29 is 9.18 Å². The van der Waals surface area contributed by atoms with E-state index in [1.165, 1.54) is 23.0 Å². The molecular weight excluding hydrogens is 249 g/mol. The molecule has 1 aromatic heterocycles. The third-order valence-electron chi connectivity index (χ3n) is 2.54. The highest BCUT2D eigenvalue weighted by Gasteiger charge is 2.12. The van der Waals surface area contributed by atoms with Gasteiger partial charge >= 0.3 is 0 Å². The molecule has 0 aliphatic heterocycles. The van der Waals surface area contributed by atoms with Gasteiger partial charge in [0, 0.05) is 11.8 Å². The number of carbonyl (C=O) groups excluding carboxylic acids is 1. The van der Waals surface area contributed by atoms with E-state index in [4.69, 9.17) is 16.7 Å². The molecule has 96 valence electrons. The van der Waals surface area contributed by atoms with Gasteiger partial charge in [0.15, 0.2) is 5.69 Å². The van der Waals surface area contributed by atoms with E-state index in [0.29, 0.717) is 5.56 Å². The number of amides is 1. The Morgan fingerprint density at radius 1 is 1.53 bits per heavy atom. The molecule has 0 saturated carbocycles. The lowest BCUT2D eigenvalue weighted by molar-refractivity contribution is 0.0995. The van der Waals surface area contributed by atoms with Gasteiger partial charge in [-0.2, -0.15) is 10.4 Å². The Balaban J connectivity index is 2.29. The molecule has 0 unspecified atom stereocenters. The molecule has 2 aromatic rings. The molecule has 0 spiro atoms. The van der Waals surface area contributed by atoms with Crippen molar-refractivity contribution in [2.75, 3.05) is 5.73 Å². The number of nitrogens with two attached hydrogens (primary N) is 2. The van der Waals surface area contributed by atoms with Crippen LogP contribution in [0.25, 0.3) is 0 Å². The van der Waals surface area contributed by atoms with Gasteiger partial charge in [-0.1, -0.05) is 6.07 Å². The minimum absolute atomic E-state index is 0.0472. The summed E-state index contributed by atoms with van der Waals surface area (Å²) in [5.41, 5.74) is 11.3. The van der Waals surface area contributed by atoms with Gasteiger partial charge in [0.25, 0.3) is 5.91 Å². The van der Waals surface area contributed by atoms with Crippen LogP contribution in [0.15, 0.2) is 24.4 Å². The number of hydrogen-bond donors (Lipinski definition) is 2. The minimum atomic E-state index is -0.739. The van der Waals surface area contributed by atoms with Crippen molar-refractivity contribution >= 4 is 11.6 Å². The molecule has 6 nitrogen and oxygen atoms in total. The highest BCUT2D eigenvalue weighted by atomic mass is 19.1. The number of primary amides is 1. The number of rotatable bonds is 3. The first-order chi connectivity index (χ1) is 9.01. The number of hydrogen-bond acceptors (Lipinski definition) is 4. The lowest BCUT2D eigenvalue weighted by Crippen LogP contribution is -2.14. The van der Waals surface area contributed by atoms with Crippen LogP contribution in [0, 0.1) is 17.1 Å². The molecule has 0 bridgehead atoms. The number of nitriles is 1. The molecular formula is C12H10FN5O. The Bertz CT molecular complexity index is 686. The van der Waals surface area contributed by atoms with E-state index in [2.05, 4.69) is 5.10 Å². The van der Waals surface area contributed by atoms with Crippen molar-refractivity contribution in [3.8, 4) is 6.07 Å². The molecule has 19 heavy (non-hydrogen) atoms. The van der Waals surface area contributed by atoms with E-state index >= 15 is 0 Å². The van der Waals surface area contributed by atoms with Crippen LogP contribution in [-0.2, 0) is 6.54 Å². The van der Waals surface area contributed by atoms with Gasteiger partial charge in [0.2, 0.25) is 0 Å². The lowest BCUT2D eigenvalue weighted by atomic mass is 10.1. The van der Waals surface area contributed by atoms with Gasteiger partial charge < -0.3 is 11.5 Å². The van der Waals surface area contributed by atoms with Crippen molar-refractivity contribution in [3.63, 3.8) is 0 Å². The molecule has 0 fully saturated rings. The standard InChI is InChI=1S/C12H10FN5O/c13-9-3-7(4-14)1-2-8(9)5-18-6-10(15)11(17-18)12(16)19/h1-3,6H,5,15H2,(H2,16,19). The maximum atomic E-state index is 13.7. The number of halogens is 1. The number of aromatic nitrogens is 2. The Morgan fingerprint density at radius 3 is 2.79 bits per heavy atom. The Morgan fingerprint density at radius 2 is 2.26 bits per heavy atom. The summed E-state index contributed by atoms with van der Waals surface area (Å²) in [7, 11) is 0. The topological polar surface area (TPSA) is 111 Å².